The Balaban J connectivity index is 2.29. The highest BCUT2D eigenvalue weighted by atomic mass is 35.5. The molecule has 0 aliphatic carbocycles. The first-order chi connectivity index (χ1) is 12.4. The predicted octanol–water partition coefficient (Wildman–Crippen LogP) is 3.16. The number of imide groups is 1. The number of hydrogen-bond donors (Lipinski definition) is 2. The average Bonchev–Trinajstić information content (AvgIpc) is 2.80. The van der Waals surface area contributed by atoms with E-state index in [0.717, 1.165) is 6.07 Å². The first kappa shape index (κ1) is 19.3. The van der Waals surface area contributed by atoms with Gasteiger partial charge in [-0.1, -0.05) is 34.8 Å². The van der Waals surface area contributed by atoms with E-state index in [1.807, 2.05) is 5.32 Å². The van der Waals surface area contributed by atoms with Crippen LogP contribution in [0.15, 0.2) is 16.9 Å². The Labute approximate surface area is 162 Å². The minimum absolute atomic E-state index is 0.255. The molecule has 0 saturated heterocycles. The van der Waals surface area contributed by atoms with Gasteiger partial charge >= 0.3 is 6.36 Å². The van der Waals surface area contributed by atoms with Gasteiger partial charge < -0.3 is 10.5 Å². The van der Waals surface area contributed by atoms with E-state index in [9.17, 15) is 27.6 Å². The van der Waals surface area contributed by atoms with Crippen LogP contribution >= 0.6 is 34.8 Å². The van der Waals surface area contributed by atoms with Crippen LogP contribution < -0.4 is 21.3 Å². The van der Waals surface area contributed by atoms with Crippen LogP contribution in [0.2, 0.25) is 15.1 Å². The number of pyridine rings is 1. The van der Waals surface area contributed by atoms with Gasteiger partial charge in [-0.15, -0.1) is 13.2 Å². The monoisotopic (exact) mass is 441 g/mol. The molecule has 142 valence electrons. The molecule has 1 aromatic heterocycles. The van der Waals surface area contributed by atoms with Crippen LogP contribution in [0.4, 0.5) is 19.0 Å². The van der Waals surface area contributed by atoms with Crippen LogP contribution in [0.25, 0.3) is 5.69 Å². The fourth-order valence-corrected chi connectivity index (χ4v) is 3.27. The molecule has 1 aliphatic heterocycles. The van der Waals surface area contributed by atoms with Crippen molar-refractivity contribution >= 4 is 52.4 Å². The number of nitrogens with zero attached hydrogens (tertiary/aromatic N) is 1. The number of aromatic nitrogens is 1. The maximum atomic E-state index is 12.4. The van der Waals surface area contributed by atoms with Crippen molar-refractivity contribution in [3.05, 3.63) is 48.7 Å². The maximum absolute atomic E-state index is 12.4. The lowest BCUT2D eigenvalue weighted by Crippen LogP contribution is -2.25. The number of halogens is 6. The smallest absolute Gasteiger partial charge is 0.404 e. The number of rotatable bonds is 2. The molecule has 0 atom stereocenters. The highest BCUT2D eigenvalue weighted by molar-refractivity contribution is 6.46. The number of fused-ring (bicyclic) bond motifs is 1. The van der Waals surface area contributed by atoms with Gasteiger partial charge in [0.15, 0.2) is 5.75 Å². The standard InChI is InChI=1S/C14H5Cl3F3N3O4/c15-4-2-5(27-14(18,19)20)8(16)9(17)10(4)23-6(24)1-3-7(11(23)21)13(26)22-12(3)25/h1-2H,21H2,(H,22,25,26). The summed E-state index contributed by atoms with van der Waals surface area (Å²) in [7, 11) is 0. The molecule has 0 radical (unpaired) electrons. The molecule has 27 heavy (non-hydrogen) atoms. The molecular formula is C14H5Cl3F3N3O4. The van der Waals surface area contributed by atoms with Crippen LogP contribution in [-0.4, -0.2) is 22.7 Å². The van der Waals surface area contributed by atoms with Gasteiger partial charge in [-0.25, -0.2) is 0 Å². The number of nitrogens with two attached hydrogens (primary N) is 1. The van der Waals surface area contributed by atoms with Crippen molar-refractivity contribution in [3.63, 3.8) is 0 Å². The number of nitrogens with one attached hydrogen (secondary N) is 1. The van der Waals surface area contributed by atoms with E-state index in [1.54, 1.807) is 0 Å². The number of ether oxygens (including phenoxy) is 1. The van der Waals surface area contributed by atoms with Gasteiger partial charge in [0.1, 0.15) is 10.8 Å². The molecule has 0 bridgehead atoms. The molecule has 1 aromatic carbocycles. The highest BCUT2D eigenvalue weighted by Crippen LogP contribution is 2.43. The minimum atomic E-state index is -5.07. The Hall–Kier alpha value is -2.43. The van der Waals surface area contributed by atoms with E-state index >= 15 is 0 Å². The molecular weight excluding hydrogens is 438 g/mol. The number of carbonyl (C=O) groups is 2. The normalized spacial score (nSPS) is 13.6. The van der Waals surface area contributed by atoms with E-state index < -0.39 is 50.4 Å². The summed E-state index contributed by atoms with van der Waals surface area (Å²) in [5, 5.41) is 0.212. The lowest BCUT2D eigenvalue weighted by molar-refractivity contribution is -0.274. The first-order valence-electron chi connectivity index (χ1n) is 6.77. The summed E-state index contributed by atoms with van der Waals surface area (Å²) in [5.41, 5.74) is 3.97. The molecule has 2 aromatic rings. The molecule has 0 saturated carbocycles. The quantitative estimate of drug-likeness (QED) is 0.549. The Bertz CT molecular complexity index is 1080. The molecule has 2 heterocycles. The van der Waals surface area contributed by atoms with Crippen molar-refractivity contribution < 1.29 is 27.5 Å². The zero-order valence-electron chi connectivity index (χ0n) is 12.6. The molecule has 13 heteroatoms. The number of benzene rings is 1. The van der Waals surface area contributed by atoms with Crippen molar-refractivity contribution in [1.82, 2.24) is 9.88 Å². The van der Waals surface area contributed by atoms with Crippen LogP contribution in [0.3, 0.4) is 0 Å². The van der Waals surface area contributed by atoms with Crippen LogP contribution in [0.5, 0.6) is 5.75 Å². The van der Waals surface area contributed by atoms with Crippen molar-refractivity contribution in [1.29, 1.82) is 0 Å². The molecule has 2 amide bonds. The Morgan fingerprint density at radius 2 is 1.67 bits per heavy atom. The molecule has 0 fully saturated rings. The second-order valence-electron chi connectivity index (χ2n) is 5.16. The summed E-state index contributed by atoms with van der Waals surface area (Å²) in [6, 6.07) is 1.50. The van der Waals surface area contributed by atoms with Gasteiger partial charge in [-0.3, -0.25) is 24.3 Å². The third-order valence-electron chi connectivity index (χ3n) is 3.50. The van der Waals surface area contributed by atoms with E-state index in [1.165, 1.54) is 0 Å². The minimum Gasteiger partial charge on any atom is -0.404 e. The van der Waals surface area contributed by atoms with Crippen LogP contribution in [-0.2, 0) is 0 Å². The van der Waals surface area contributed by atoms with E-state index in [2.05, 4.69) is 4.74 Å². The molecule has 0 spiro atoms. The van der Waals surface area contributed by atoms with E-state index in [4.69, 9.17) is 40.5 Å². The summed E-state index contributed by atoms with van der Waals surface area (Å²) in [5.74, 6) is -3.08. The molecule has 1 aliphatic rings. The van der Waals surface area contributed by atoms with Gasteiger partial charge in [-0.05, 0) is 0 Å². The molecule has 3 rings (SSSR count). The number of nitrogen functional groups attached to an aromatic ring is 1. The van der Waals surface area contributed by atoms with Gasteiger partial charge in [0.05, 0.1) is 26.9 Å². The third-order valence-corrected chi connectivity index (χ3v) is 4.63. The lowest BCUT2D eigenvalue weighted by atomic mass is 10.1. The van der Waals surface area contributed by atoms with Gasteiger partial charge in [-0.2, -0.15) is 0 Å². The van der Waals surface area contributed by atoms with E-state index in [0.29, 0.717) is 10.6 Å². The first-order valence-corrected chi connectivity index (χ1v) is 7.90. The summed E-state index contributed by atoms with van der Waals surface area (Å²) < 4.78 is 41.7. The van der Waals surface area contributed by atoms with Crippen molar-refractivity contribution in [3.8, 4) is 11.4 Å². The second-order valence-corrected chi connectivity index (χ2v) is 6.32. The number of hydrogen-bond acceptors (Lipinski definition) is 5. The predicted molar refractivity (Wildman–Crippen MR) is 90.0 cm³/mol. The van der Waals surface area contributed by atoms with Crippen LogP contribution in [0, 0.1) is 0 Å². The number of amides is 2. The third kappa shape index (κ3) is 3.20. The number of carbonyl (C=O) groups excluding carboxylic acids is 2. The topological polar surface area (TPSA) is 103 Å². The Morgan fingerprint density at radius 1 is 1.04 bits per heavy atom. The summed E-state index contributed by atoms with van der Waals surface area (Å²) in [6.45, 7) is 0. The molecule has 0 unspecified atom stereocenters. The highest BCUT2D eigenvalue weighted by Gasteiger charge is 2.35. The van der Waals surface area contributed by atoms with Crippen molar-refractivity contribution in [2.45, 2.75) is 6.36 Å². The van der Waals surface area contributed by atoms with Gasteiger partial charge in [0.2, 0.25) is 0 Å². The summed E-state index contributed by atoms with van der Waals surface area (Å²) in [6.07, 6.45) is -5.07. The largest absolute Gasteiger partial charge is 0.573 e. The Morgan fingerprint density at radius 3 is 2.26 bits per heavy atom. The summed E-state index contributed by atoms with van der Waals surface area (Å²) in [4.78, 5) is 35.9. The zero-order valence-corrected chi connectivity index (χ0v) is 14.8. The number of alkyl halides is 3. The average molecular weight is 443 g/mol. The summed E-state index contributed by atoms with van der Waals surface area (Å²) >= 11 is 17.7. The lowest BCUT2D eigenvalue weighted by Gasteiger charge is -2.18. The number of anilines is 1. The second kappa shape index (κ2) is 6.32. The Kier molecular flexibility index (Phi) is 4.53. The SMILES string of the molecule is Nc1c2c(cc(=O)n1-c1c(Cl)cc(OC(F)(F)F)c(Cl)c1Cl)C(=O)NC2=O. The van der Waals surface area contributed by atoms with Crippen LogP contribution in [0.1, 0.15) is 20.7 Å². The molecule has 7 nitrogen and oxygen atoms in total. The zero-order chi connectivity index (χ0) is 20.3. The fraction of sp³-hybridized carbons (Fsp3) is 0.0714. The van der Waals surface area contributed by atoms with Gasteiger partial charge in [0.25, 0.3) is 17.4 Å². The van der Waals surface area contributed by atoms with Gasteiger partial charge in [0, 0.05) is 12.1 Å². The van der Waals surface area contributed by atoms with Crippen molar-refractivity contribution in [2.24, 2.45) is 0 Å². The van der Waals surface area contributed by atoms with E-state index in [-0.39, 0.29) is 16.8 Å². The fourth-order valence-electron chi connectivity index (χ4n) is 2.48. The van der Waals surface area contributed by atoms with Crippen molar-refractivity contribution in [2.75, 3.05) is 5.73 Å². The maximum Gasteiger partial charge on any atom is 0.573 e. The molecule has 3 N–H and O–H groups in total.